The molecule has 4 nitrogen and oxygen atoms in total. The molecule has 106 valence electrons. The molecule has 0 aliphatic rings. The van der Waals surface area contributed by atoms with Crippen molar-refractivity contribution in [1.29, 1.82) is 0 Å². The molecule has 21 heavy (non-hydrogen) atoms. The highest BCUT2D eigenvalue weighted by Gasteiger charge is 2.11. The maximum Gasteiger partial charge on any atom is 0.256 e. The third-order valence-corrected chi connectivity index (χ3v) is 3.05. The summed E-state index contributed by atoms with van der Waals surface area (Å²) in [6, 6.07) is 8.99. The highest BCUT2D eigenvalue weighted by molar-refractivity contribution is 6.05. The molecule has 0 spiro atoms. The Labute approximate surface area is 123 Å². The molecule has 4 heteroatoms. The Hall–Kier alpha value is -2.64. The van der Waals surface area contributed by atoms with E-state index < -0.39 is 0 Å². The summed E-state index contributed by atoms with van der Waals surface area (Å²) in [5, 5.41) is 11.6. The van der Waals surface area contributed by atoms with Crippen LogP contribution in [-0.4, -0.2) is 22.6 Å². The molecule has 1 aromatic heterocycles. The number of carbonyl (C=O) groups is 1. The molecule has 2 N–H and O–H groups in total. The van der Waals surface area contributed by atoms with Gasteiger partial charge in [0.25, 0.3) is 5.91 Å². The lowest BCUT2D eigenvalue weighted by Crippen LogP contribution is -2.14. The van der Waals surface area contributed by atoms with Crippen molar-refractivity contribution < 1.29 is 9.90 Å². The first-order valence-electron chi connectivity index (χ1n) is 6.55. The molecule has 0 atom stereocenters. The van der Waals surface area contributed by atoms with Crippen LogP contribution in [0.1, 0.15) is 27.2 Å². The number of pyridine rings is 1. The van der Waals surface area contributed by atoms with Crippen LogP contribution in [0.3, 0.4) is 0 Å². The molecule has 1 aromatic carbocycles. The van der Waals surface area contributed by atoms with Gasteiger partial charge in [-0.3, -0.25) is 9.78 Å². The van der Waals surface area contributed by atoms with Crippen molar-refractivity contribution in [3.8, 4) is 11.8 Å². The minimum atomic E-state index is -0.203. The van der Waals surface area contributed by atoms with E-state index in [1.807, 2.05) is 32.0 Å². The van der Waals surface area contributed by atoms with Crippen LogP contribution in [0.15, 0.2) is 36.5 Å². The summed E-state index contributed by atoms with van der Waals surface area (Å²) in [5.41, 5.74) is 3.62. The Balaban J connectivity index is 2.25. The van der Waals surface area contributed by atoms with E-state index in [1.54, 1.807) is 18.3 Å². The summed E-state index contributed by atoms with van der Waals surface area (Å²) < 4.78 is 0. The molecular formula is C17H16N2O2. The lowest BCUT2D eigenvalue weighted by molar-refractivity contribution is 0.102. The molecule has 2 aromatic rings. The number of aryl methyl sites for hydroxylation is 1. The summed E-state index contributed by atoms with van der Waals surface area (Å²) in [6.07, 6.45) is 1.62. The zero-order chi connectivity index (χ0) is 15.2. The minimum Gasteiger partial charge on any atom is -0.384 e. The molecule has 0 unspecified atom stereocenters. The topological polar surface area (TPSA) is 62.2 Å². The fourth-order valence-corrected chi connectivity index (χ4v) is 1.89. The zero-order valence-electron chi connectivity index (χ0n) is 12.0. The third kappa shape index (κ3) is 3.68. The number of benzene rings is 1. The maximum atomic E-state index is 12.3. The second kappa shape index (κ2) is 6.69. The predicted octanol–water partition coefficient (Wildman–Crippen LogP) is 2.29. The van der Waals surface area contributed by atoms with Gasteiger partial charge in [-0.25, -0.2) is 0 Å². The van der Waals surface area contributed by atoms with E-state index in [4.69, 9.17) is 5.11 Å². The molecule has 1 heterocycles. The minimum absolute atomic E-state index is 0.203. The van der Waals surface area contributed by atoms with Crippen LogP contribution < -0.4 is 5.32 Å². The summed E-state index contributed by atoms with van der Waals surface area (Å²) in [6.45, 7) is 3.52. The first kappa shape index (κ1) is 14.8. The van der Waals surface area contributed by atoms with Gasteiger partial charge in [0.1, 0.15) is 6.61 Å². The van der Waals surface area contributed by atoms with Crippen LogP contribution in [0.25, 0.3) is 0 Å². The zero-order valence-corrected chi connectivity index (χ0v) is 12.0. The molecule has 0 bridgehead atoms. The number of rotatable bonds is 2. The summed E-state index contributed by atoms with van der Waals surface area (Å²) in [7, 11) is 0. The van der Waals surface area contributed by atoms with Crippen molar-refractivity contribution in [3.05, 3.63) is 58.9 Å². The molecule has 1 amide bonds. The van der Waals surface area contributed by atoms with Gasteiger partial charge in [-0.05, 0) is 43.7 Å². The van der Waals surface area contributed by atoms with Crippen LogP contribution in [0.4, 0.5) is 5.69 Å². The lowest BCUT2D eigenvalue weighted by atomic mass is 10.0. The van der Waals surface area contributed by atoms with Crippen molar-refractivity contribution in [2.24, 2.45) is 0 Å². The monoisotopic (exact) mass is 280 g/mol. The number of hydrogen-bond donors (Lipinski definition) is 2. The molecule has 2 rings (SSSR count). The predicted molar refractivity (Wildman–Crippen MR) is 82.1 cm³/mol. The molecular weight excluding hydrogens is 264 g/mol. The van der Waals surface area contributed by atoms with Gasteiger partial charge in [0.15, 0.2) is 0 Å². The standard InChI is InChI=1S/C17H16N2O2/c1-12-8-9-15(11-18-12)19-17(21)16-7-3-5-14(13(16)2)6-4-10-20/h3,5,7-9,11,20H,10H2,1-2H3,(H,19,21). The van der Waals surface area contributed by atoms with Crippen molar-refractivity contribution >= 4 is 11.6 Å². The van der Waals surface area contributed by atoms with Crippen molar-refractivity contribution in [3.63, 3.8) is 0 Å². The van der Waals surface area contributed by atoms with Crippen LogP contribution in [0.5, 0.6) is 0 Å². The third-order valence-electron chi connectivity index (χ3n) is 3.05. The smallest absolute Gasteiger partial charge is 0.256 e. The van der Waals surface area contributed by atoms with Crippen molar-refractivity contribution in [1.82, 2.24) is 4.98 Å². The van der Waals surface area contributed by atoms with Gasteiger partial charge >= 0.3 is 0 Å². The highest BCUT2D eigenvalue weighted by atomic mass is 16.2. The fraction of sp³-hybridized carbons (Fsp3) is 0.176. The number of carbonyl (C=O) groups excluding carboxylic acids is 1. The van der Waals surface area contributed by atoms with Crippen LogP contribution in [0, 0.1) is 25.7 Å². The van der Waals surface area contributed by atoms with E-state index >= 15 is 0 Å². The lowest BCUT2D eigenvalue weighted by Gasteiger charge is -2.09. The second-order valence-corrected chi connectivity index (χ2v) is 4.58. The molecule has 0 saturated heterocycles. The molecule has 0 aliphatic heterocycles. The highest BCUT2D eigenvalue weighted by Crippen LogP contribution is 2.15. The second-order valence-electron chi connectivity index (χ2n) is 4.58. The average molecular weight is 280 g/mol. The molecule has 0 aliphatic carbocycles. The number of nitrogens with one attached hydrogen (secondary N) is 1. The maximum absolute atomic E-state index is 12.3. The number of aliphatic hydroxyl groups excluding tert-OH is 1. The fourth-order valence-electron chi connectivity index (χ4n) is 1.89. The van der Waals surface area contributed by atoms with Crippen LogP contribution in [-0.2, 0) is 0 Å². The van der Waals surface area contributed by atoms with Gasteiger partial charge in [-0.2, -0.15) is 0 Å². The largest absolute Gasteiger partial charge is 0.384 e. The number of aliphatic hydroxyl groups is 1. The molecule has 0 radical (unpaired) electrons. The Morgan fingerprint density at radius 2 is 2.10 bits per heavy atom. The first-order valence-corrected chi connectivity index (χ1v) is 6.55. The Morgan fingerprint density at radius 1 is 1.29 bits per heavy atom. The number of anilines is 1. The van der Waals surface area contributed by atoms with E-state index in [-0.39, 0.29) is 12.5 Å². The van der Waals surface area contributed by atoms with Crippen molar-refractivity contribution in [2.75, 3.05) is 11.9 Å². The Bertz CT molecular complexity index is 710. The number of amides is 1. The quantitative estimate of drug-likeness (QED) is 0.830. The van der Waals surface area contributed by atoms with E-state index in [9.17, 15) is 4.79 Å². The van der Waals surface area contributed by atoms with E-state index in [2.05, 4.69) is 22.1 Å². The summed E-state index contributed by atoms with van der Waals surface area (Å²) >= 11 is 0. The SMILES string of the molecule is Cc1ccc(NC(=O)c2cccc(C#CCO)c2C)cn1. The van der Waals surface area contributed by atoms with E-state index in [1.165, 1.54) is 0 Å². The van der Waals surface area contributed by atoms with Gasteiger partial charge in [0.05, 0.1) is 11.9 Å². The summed E-state index contributed by atoms with van der Waals surface area (Å²) in [4.78, 5) is 16.5. The summed E-state index contributed by atoms with van der Waals surface area (Å²) in [5.74, 6) is 5.23. The average Bonchev–Trinajstić information content (AvgIpc) is 2.48. The van der Waals surface area contributed by atoms with Gasteiger partial charge in [-0.15, -0.1) is 0 Å². The van der Waals surface area contributed by atoms with E-state index in [0.717, 1.165) is 16.8 Å². The van der Waals surface area contributed by atoms with Crippen LogP contribution in [0.2, 0.25) is 0 Å². The Kier molecular flexibility index (Phi) is 4.70. The van der Waals surface area contributed by atoms with Crippen LogP contribution >= 0.6 is 0 Å². The van der Waals surface area contributed by atoms with Gasteiger partial charge in [0.2, 0.25) is 0 Å². The first-order chi connectivity index (χ1) is 10.1. The van der Waals surface area contributed by atoms with Gasteiger partial charge in [0, 0.05) is 16.8 Å². The number of hydrogen-bond acceptors (Lipinski definition) is 3. The van der Waals surface area contributed by atoms with Crippen molar-refractivity contribution in [2.45, 2.75) is 13.8 Å². The molecule has 0 fully saturated rings. The molecule has 0 saturated carbocycles. The van der Waals surface area contributed by atoms with Gasteiger partial charge < -0.3 is 10.4 Å². The number of aromatic nitrogens is 1. The van der Waals surface area contributed by atoms with Gasteiger partial charge in [-0.1, -0.05) is 17.9 Å². The normalized spacial score (nSPS) is 9.67. The Morgan fingerprint density at radius 3 is 2.76 bits per heavy atom. The van der Waals surface area contributed by atoms with E-state index in [0.29, 0.717) is 11.3 Å². The number of nitrogens with zero attached hydrogens (tertiary/aromatic N) is 1.